The normalized spacial score (nSPS) is 15.0. The molecule has 122 valence electrons. The van der Waals surface area contributed by atoms with Gasteiger partial charge in [0.1, 0.15) is 5.92 Å². The summed E-state index contributed by atoms with van der Waals surface area (Å²) >= 11 is 0. The number of esters is 1. The smallest absolute Gasteiger partial charge is 0.316 e. The van der Waals surface area contributed by atoms with Crippen molar-refractivity contribution < 1.29 is 14.0 Å². The van der Waals surface area contributed by atoms with E-state index >= 15 is 0 Å². The van der Waals surface area contributed by atoms with Gasteiger partial charge >= 0.3 is 5.97 Å². The van der Waals surface area contributed by atoms with Crippen LogP contribution in [-0.2, 0) is 14.0 Å². The summed E-state index contributed by atoms with van der Waals surface area (Å²) in [5, 5.41) is 0.0611. The summed E-state index contributed by atoms with van der Waals surface area (Å²) in [6.45, 7) is 14.7. The Labute approximate surface area is 135 Å². The topological polar surface area (TPSA) is 35.5 Å². The number of methoxy groups -OCH3 is 1. The number of rotatable bonds is 6. The van der Waals surface area contributed by atoms with E-state index in [1.54, 1.807) is 6.08 Å². The molecule has 4 heteroatoms. The number of ether oxygens (including phenoxy) is 1. The van der Waals surface area contributed by atoms with Crippen LogP contribution in [0.25, 0.3) is 0 Å². The van der Waals surface area contributed by atoms with Crippen LogP contribution in [0.1, 0.15) is 32.3 Å². The SMILES string of the molecule is C=C[C@H](O[Si](C)(C)C(C)(C)C)[C@H](C(=O)OC)c1ccccc1. The lowest BCUT2D eigenvalue weighted by molar-refractivity contribution is -0.144. The highest BCUT2D eigenvalue weighted by Gasteiger charge is 2.42. The first-order valence-electron chi connectivity index (χ1n) is 7.57. The first kappa shape index (κ1) is 18.7. The van der Waals surface area contributed by atoms with Gasteiger partial charge in [-0.05, 0) is 23.7 Å². The van der Waals surface area contributed by atoms with Crippen molar-refractivity contribution in [1.82, 2.24) is 0 Å². The van der Waals surface area contributed by atoms with Crippen LogP contribution in [0.2, 0.25) is 18.1 Å². The van der Waals surface area contributed by atoms with Gasteiger partial charge in [-0.15, -0.1) is 6.58 Å². The Morgan fingerprint density at radius 3 is 2.18 bits per heavy atom. The zero-order chi connectivity index (χ0) is 17.0. The molecule has 0 N–H and O–H groups in total. The maximum Gasteiger partial charge on any atom is 0.316 e. The van der Waals surface area contributed by atoms with E-state index < -0.39 is 20.3 Å². The molecule has 0 radical (unpaired) electrons. The van der Waals surface area contributed by atoms with Gasteiger partial charge in [-0.3, -0.25) is 4.79 Å². The molecule has 1 aromatic carbocycles. The van der Waals surface area contributed by atoms with Crippen molar-refractivity contribution >= 4 is 14.3 Å². The van der Waals surface area contributed by atoms with Gasteiger partial charge < -0.3 is 9.16 Å². The molecule has 1 rings (SSSR count). The van der Waals surface area contributed by atoms with E-state index in [4.69, 9.17) is 9.16 Å². The maximum atomic E-state index is 12.3. The molecule has 0 aliphatic carbocycles. The molecule has 0 bridgehead atoms. The molecule has 0 saturated carbocycles. The van der Waals surface area contributed by atoms with Crippen molar-refractivity contribution in [3.63, 3.8) is 0 Å². The van der Waals surface area contributed by atoms with Crippen molar-refractivity contribution in [2.75, 3.05) is 7.11 Å². The molecule has 0 saturated heterocycles. The van der Waals surface area contributed by atoms with Gasteiger partial charge in [0.2, 0.25) is 0 Å². The van der Waals surface area contributed by atoms with Gasteiger partial charge in [0.05, 0.1) is 13.2 Å². The van der Waals surface area contributed by atoms with Crippen LogP contribution < -0.4 is 0 Å². The first-order valence-corrected chi connectivity index (χ1v) is 10.5. The van der Waals surface area contributed by atoms with E-state index in [1.165, 1.54) is 7.11 Å². The molecule has 0 aromatic heterocycles. The molecule has 1 aromatic rings. The number of carbonyl (C=O) groups excluding carboxylic acids is 1. The van der Waals surface area contributed by atoms with Crippen molar-refractivity contribution in [3.05, 3.63) is 48.6 Å². The van der Waals surface area contributed by atoms with E-state index in [1.807, 2.05) is 30.3 Å². The molecular weight excluding hydrogens is 292 g/mol. The average molecular weight is 321 g/mol. The van der Waals surface area contributed by atoms with E-state index in [0.717, 1.165) is 5.56 Å². The quantitative estimate of drug-likeness (QED) is 0.439. The summed E-state index contributed by atoms with van der Waals surface area (Å²) in [6.07, 6.45) is 1.32. The van der Waals surface area contributed by atoms with E-state index in [-0.39, 0.29) is 11.0 Å². The van der Waals surface area contributed by atoms with Crippen molar-refractivity contribution in [2.24, 2.45) is 0 Å². The minimum Gasteiger partial charge on any atom is -0.468 e. The number of benzene rings is 1. The number of hydrogen-bond acceptors (Lipinski definition) is 3. The molecule has 0 amide bonds. The fourth-order valence-electron chi connectivity index (χ4n) is 2.02. The van der Waals surface area contributed by atoms with Crippen LogP contribution in [0.4, 0.5) is 0 Å². The molecule has 2 atom stereocenters. The summed E-state index contributed by atoms with van der Waals surface area (Å²) in [4.78, 5) is 12.3. The largest absolute Gasteiger partial charge is 0.468 e. The van der Waals surface area contributed by atoms with Crippen molar-refractivity contribution in [3.8, 4) is 0 Å². The lowest BCUT2D eigenvalue weighted by Gasteiger charge is -2.40. The second kappa shape index (κ2) is 7.25. The second-order valence-electron chi connectivity index (χ2n) is 6.99. The Kier molecular flexibility index (Phi) is 6.14. The summed E-state index contributed by atoms with van der Waals surface area (Å²) in [5.74, 6) is -0.785. The van der Waals surface area contributed by atoms with Crippen LogP contribution in [0, 0.1) is 0 Å². The molecule has 0 aliphatic rings. The minimum absolute atomic E-state index is 0.0611. The maximum absolute atomic E-state index is 12.3. The summed E-state index contributed by atoms with van der Waals surface area (Å²) in [5.41, 5.74) is 0.887. The molecule has 3 nitrogen and oxygen atoms in total. The lowest BCUT2D eigenvalue weighted by Crippen LogP contribution is -2.46. The molecule has 0 aliphatic heterocycles. The van der Waals surface area contributed by atoms with Gasteiger partial charge in [-0.2, -0.15) is 0 Å². The fourth-order valence-corrected chi connectivity index (χ4v) is 3.28. The minimum atomic E-state index is -2.02. The van der Waals surface area contributed by atoms with Gasteiger partial charge in [-0.25, -0.2) is 0 Å². The van der Waals surface area contributed by atoms with Crippen LogP contribution in [-0.4, -0.2) is 27.5 Å². The first-order chi connectivity index (χ1) is 10.1. The highest BCUT2D eigenvalue weighted by molar-refractivity contribution is 6.74. The second-order valence-corrected chi connectivity index (χ2v) is 11.7. The number of carbonyl (C=O) groups is 1. The fraction of sp³-hybridized carbons (Fsp3) is 0.500. The zero-order valence-electron chi connectivity index (χ0n) is 14.6. The molecule has 0 fully saturated rings. The number of hydrogen-bond donors (Lipinski definition) is 0. The van der Waals surface area contributed by atoms with Crippen LogP contribution in [0.5, 0.6) is 0 Å². The Morgan fingerprint density at radius 2 is 1.77 bits per heavy atom. The van der Waals surface area contributed by atoms with Crippen LogP contribution in [0.15, 0.2) is 43.0 Å². The van der Waals surface area contributed by atoms with E-state index in [9.17, 15) is 4.79 Å². The van der Waals surface area contributed by atoms with Gasteiger partial charge in [-0.1, -0.05) is 57.2 Å². The van der Waals surface area contributed by atoms with Gasteiger partial charge in [0.25, 0.3) is 0 Å². The summed E-state index contributed by atoms with van der Waals surface area (Å²) in [6, 6.07) is 9.60. The van der Waals surface area contributed by atoms with Gasteiger partial charge in [0, 0.05) is 0 Å². The van der Waals surface area contributed by atoms with Crippen LogP contribution >= 0.6 is 0 Å². The monoisotopic (exact) mass is 320 g/mol. The third-order valence-corrected chi connectivity index (χ3v) is 8.89. The Balaban J connectivity index is 3.16. The predicted molar refractivity (Wildman–Crippen MR) is 93.5 cm³/mol. The van der Waals surface area contributed by atoms with Crippen LogP contribution in [0.3, 0.4) is 0 Å². The standard InChI is InChI=1S/C18H28O3Si/c1-8-15(21-22(6,7)18(2,3)4)16(17(19)20-5)14-12-10-9-11-13-14/h8-13,15-16H,1H2,2-7H3/t15-,16+/m0/s1. The Hall–Kier alpha value is -1.39. The molecular formula is C18H28O3Si. The highest BCUT2D eigenvalue weighted by Crippen LogP contribution is 2.39. The highest BCUT2D eigenvalue weighted by atomic mass is 28.4. The molecule has 0 spiro atoms. The summed E-state index contributed by atoms with van der Waals surface area (Å²) < 4.78 is 11.4. The van der Waals surface area contributed by atoms with Crippen molar-refractivity contribution in [1.29, 1.82) is 0 Å². The zero-order valence-corrected chi connectivity index (χ0v) is 15.6. The molecule has 0 unspecified atom stereocenters. The third kappa shape index (κ3) is 4.30. The lowest BCUT2D eigenvalue weighted by atomic mass is 9.93. The molecule has 0 heterocycles. The van der Waals surface area contributed by atoms with E-state index in [0.29, 0.717) is 0 Å². The van der Waals surface area contributed by atoms with Crippen molar-refractivity contribution in [2.45, 2.75) is 50.9 Å². The summed E-state index contributed by atoms with van der Waals surface area (Å²) in [7, 11) is -0.615. The predicted octanol–water partition coefficient (Wildman–Crippen LogP) is 4.52. The molecule has 22 heavy (non-hydrogen) atoms. The van der Waals surface area contributed by atoms with E-state index in [2.05, 4.69) is 40.4 Å². The van der Waals surface area contributed by atoms with Gasteiger partial charge in [0.15, 0.2) is 8.32 Å². The average Bonchev–Trinajstić information content (AvgIpc) is 2.46. The Morgan fingerprint density at radius 1 is 1.23 bits per heavy atom. The Bertz CT molecular complexity index is 503. The third-order valence-electron chi connectivity index (χ3n) is 4.41.